The molecule has 1 fully saturated rings. The lowest BCUT2D eigenvalue weighted by Gasteiger charge is -2.32. The second-order valence-corrected chi connectivity index (χ2v) is 6.41. The number of benzene rings is 1. The van der Waals surface area contributed by atoms with Gasteiger partial charge in [0.1, 0.15) is 17.5 Å². The Morgan fingerprint density at radius 1 is 1.11 bits per heavy atom. The highest BCUT2D eigenvalue weighted by Crippen LogP contribution is 2.21. The van der Waals surface area contributed by atoms with E-state index in [9.17, 15) is 18.4 Å². The number of halogens is 2. The predicted octanol–water partition coefficient (Wildman–Crippen LogP) is 2.33. The third-order valence-corrected chi connectivity index (χ3v) is 4.52. The van der Waals surface area contributed by atoms with Crippen molar-refractivity contribution in [2.75, 3.05) is 29.9 Å². The fourth-order valence-corrected chi connectivity index (χ4v) is 3.00. The van der Waals surface area contributed by atoms with Crippen LogP contribution in [0.4, 0.5) is 20.3 Å². The molecule has 27 heavy (non-hydrogen) atoms. The van der Waals surface area contributed by atoms with Crippen molar-refractivity contribution in [2.24, 2.45) is 5.92 Å². The first-order chi connectivity index (χ1) is 13.0. The number of carbonyl (C=O) groups is 2. The number of anilines is 2. The molecule has 0 radical (unpaired) electrons. The summed E-state index contributed by atoms with van der Waals surface area (Å²) in [5, 5.41) is 4.64. The van der Waals surface area contributed by atoms with Crippen LogP contribution >= 0.6 is 0 Å². The Hall–Kier alpha value is -3.03. The van der Waals surface area contributed by atoms with Gasteiger partial charge in [-0.3, -0.25) is 9.59 Å². The van der Waals surface area contributed by atoms with E-state index in [4.69, 9.17) is 0 Å². The first-order valence-corrected chi connectivity index (χ1v) is 8.73. The van der Waals surface area contributed by atoms with Crippen LogP contribution in [0, 0.1) is 17.6 Å². The highest BCUT2D eigenvalue weighted by molar-refractivity contribution is 6.39. The lowest BCUT2D eigenvalue weighted by molar-refractivity contribution is -0.136. The molecule has 1 aromatic heterocycles. The zero-order chi connectivity index (χ0) is 19.2. The third-order valence-electron chi connectivity index (χ3n) is 4.52. The molecular weight excluding hydrogens is 354 g/mol. The van der Waals surface area contributed by atoms with Crippen LogP contribution in [0.15, 0.2) is 42.6 Å². The van der Waals surface area contributed by atoms with Gasteiger partial charge in [0, 0.05) is 31.9 Å². The number of rotatable bonds is 4. The number of nitrogens with one attached hydrogen (secondary N) is 2. The average molecular weight is 374 g/mol. The van der Waals surface area contributed by atoms with Crippen molar-refractivity contribution in [1.82, 2.24) is 10.3 Å². The minimum absolute atomic E-state index is 0.243. The van der Waals surface area contributed by atoms with Crippen molar-refractivity contribution >= 4 is 23.3 Å². The van der Waals surface area contributed by atoms with Gasteiger partial charge in [-0.15, -0.1) is 0 Å². The molecule has 1 saturated heterocycles. The van der Waals surface area contributed by atoms with Crippen LogP contribution < -0.4 is 15.5 Å². The SMILES string of the molecule is O=C(NCC1CCN(c2ccccn2)CC1)C(=O)Nc1cc(F)ccc1F. The van der Waals surface area contributed by atoms with E-state index >= 15 is 0 Å². The zero-order valence-electron chi connectivity index (χ0n) is 14.6. The van der Waals surface area contributed by atoms with Crippen molar-refractivity contribution in [3.63, 3.8) is 0 Å². The molecule has 0 aliphatic carbocycles. The van der Waals surface area contributed by atoms with E-state index in [0.717, 1.165) is 49.9 Å². The van der Waals surface area contributed by atoms with Gasteiger partial charge in [-0.05, 0) is 43.0 Å². The van der Waals surface area contributed by atoms with Gasteiger partial charge in [0.15, 0.2) is 0 Å². The summed E-state index contributed by atoms with van der Waals surface area (Å²) in [4.78, 5) is 30.3. The Morgan fingerprint density at radius 3 is 2.59 bits per heavy atom. The van der Waals surface area contributed by atoms with Crippen LogP contribution in [-0.4, -0.2) is 36.4 Å². The summed E-state index contributed by atoms with van der Waals surface area (Å²) in [6.07, 6.45) is 3.47. The van der Waals surface area contributed by atoms with Crippen molar-refractivity contribution < 1.29 is 18.4 Å². The molecule has 0 saturated carbocycles. The van der Waals surface area contributed by atoms with Gasteiger partial charge >= 0.3 is 11.8 Å². The molecule has 2 heterocycles. The van der Waals surface area contributed by atoms with Crippen LogP contribution in [0.2, 0.25) is 0 Å². The van der Waals surface area contributed by atoms with Gasteiger partial charge in [0.05, 0.1) is 5.69 Å². The molecule has 0 bridgehead atoms. The summed E-state index contributed by atoms with van der Waals surface area (Å²) in [6, 6.07) is 8.41. The number of pyridine rings is 1. The highest BCUT2D eigenvalue weighted by Gasteiger charge is 2.22. The van der Waals surface area contributed by atoms with E-state index < -0.39 is 23.4 Å². The molecule has 0 spiro atoms. The maximum absolute atomic E-state index is 13.5. The normalized spacial score (nSPS) is 14.7. The smallest absolute Gasteiger partial charge is 0.313 e. The maximum atomic E-state index is 13.5. The largest absolute Gasteiger partial charge is 0.357 e. The lowest BCUT2D eigenvalue weighted by Crippen LogP contribution is -2.42. The van der Waals surface area contributed by atoms with Crippen LogP contribution in [0.5, 0.6) is 0 Å². The molecule has 1 aromatic carbocycles. The summed E-state index contributed by atoms with van der Waals surface area (Å²) in [6.45, 7) is 1.99. The highest BCUT2D eigenvalue weighted by atomic mass is 19.1. The Bertz CT molecular complexity index is 809. The molecule has 2 amide bonds. The number of carbonyl (C=O) groups excluding carboxylic acids is 2. The van der Waals surface area contributed by atoms with Crippen molar-refractivity contribution in [2.45, 2.75) is 12.8 Å². The second kappa shape index (κ2) is 8.57. The maximum Gasteiger partial charge on any atom is 0.313 e. The van der Waals surface area contributed by atoms with Crippen LogP contribution in [-0.2, 0) is 9.59 Å². The number of hydrogen-bond acceptors (Lipinski definition) is 4. The Morgan fingerprint density at radius 2 is 1.89 bits per heavy atom. The molecule has 2 N–H and O–H groups in total. The third kappa shape index (κ3) is 4.99. The molecule has 8 heteroatoms. The Balaban J connectivity index is 1.44. The first kappa shape index (κ1) is 18.8. The van der Waals surface area contributed by atoms with Gasteiger partial charge in [0.2, 0.25) is 0 Å². The van der Waals surface area contributed by atoms with Crippen molar-refractivity contribution in [3.8, 4) is 0 Å². The summed E-state index contributed by atoms with van der Waals surface area (Å²) in [5.41, 5.74) is -0.362. The van der Waals surface area contributed by atoms with E-state index in [1.165, 1.54) is 0 Å². The van der Waals surface area contributed by atoms with Crippen LogP contribution in [0.25, 0.3) is 0 Å². The summed E-state index contributed by atoms with van der Waals surface area (Å²) in [7, 11) is 0. The summed E-state index contributed by atoms with van der Waals surface area (Å²) < 4.78 is 26.6. The molecule has 6 nitrogen and oxygen atoms in total. The molecular formula is C19H20F2N4O2. The van der Waals surface area contributed by atoms with Gasteiger partial charge in [-0.25, -0.2) is 13.8 Å². The summed E-state index contributed by atoms with van der Waals surface area (Å²) >= 11 is 0. The van der Waals surface area contributed by atoms with Crippen LogP contribution in [0.1, 0.15) is 12.8 Å². The van der Waals surface area contributed by atoms with Crippen molar-refractivity contribution in [1.29, 1.82) is 0 Å². The fraction of sp³-hybridized carbons (Fsp3) is 0.316. The molecule has 142 valence electrons. The monoisotopic (exact) mass is 374 g/mol. The number of nitrogens with zero attached hydrogens (tertiary/aromatic N) is 2. The van der Waals surface area contributed by atoms with Gasteiger partial charge < -0.3 is 15.5 Å². The number of hydrogen-bond donors (Lipinski definition) is 2. The lowest BCUT2D eigenvalue weighted by atomic mass is 9.97. The van der Waals surface area contributed by atoms with Crippen molar-refractivity contribution in [3.05, 3.63) is 54.2 Å². The topological polar surface area (TPSA) is 74.3 Å². The number of amides is 2. The first-order valence-electron chi connectivity index (χ1n) is 8.73. The standard InChI is InChI=1S/C19H20F2N4O2/c20-14-4-5-15(21)16(11-14)24-19(27)18(26)23-12-13-6-9-25(10-7-13)17-3-1-2-8-22-17/h1-5,8,11,13H,6-7,9-10,12H2,(H,23,26)(H,24,27). The second-order valence-electron chi connectivity index (χ2n) is 6.41. The Labute approximate surface area is 155 Å². The fourth-order valence-electron chi connectivity index (χ4n) is 3.00. The van der Waals surface area contributed by atoms with E-state index in [2.05, 4.69) is 20.5 Å². The average Bonchev–Trinajstić information content (AvgIpc) is 2.70. The van der Waals surface area contributed by atoms with E-state index in [-0.39, 0.29) is 11.6 Å². The minimum Gasteiger partial charge on any atom is -0.357 e. The molecule has 0 unspecified atom stereocenters. The van der Waals surface area contributed by atoms with E-state index in [0.29, 0.717) is 6.54 Å². The number of aromatic nitrogens is 1. The predicted molar refractivity (Wildman–Crippen MR) is 97.2 cm³/mol. The van der Waals surface area contributed by atoms with Gasteiger partial charge in [-0.1, -0.05) is 6.07 Å². The van der Waals surface area contributed by atoms with Gasteiger partial charge in [0.25, 0.3) is 0 Å². The minimum atomic E-state index is -1.02. The number of piperidine rings is 1. The van der Waals surface area contributed by atoms with E-state index in [1.807, 2.05) is 18.2 Å². The van der Waals surface area contributed by atoms with Gasteiger partial charge in [-0.2, -0.15) is 0 Å². The van der Waals surface area contributed by atoms with E-state index in [1.54, 1.807) is 6.20 Å². The zero-order valence-corrected chi connectivity index (χ0v) is 14.6. The molecule has 2 aromatic rings. The molecule has 0 atom stereocenters. The summed E-state index contributed by atoms with van der Waals surface area (Å²) in [5.74, 6) is -2.23. The quantitative estimate of drug-likeness (QED) is 0.806. The molecule has 1 aliphatic heterocycles. The molecule has 3 rings (SSSR count). The Kier molecular flexibility index (Phi) is 5.95. The van der Waals surface area contributed by atoms with Crippen LogP contribution in [0.3, 0.4) is 0 Å². The molecule has 1 aliphatic rings.